The number of nitrogens with zero attached hydrogens (tertiary/aromatic N) is 4. The Morgan fingerprint density at radius 1 is 1.30 bits per heavy atom. The van der Waals surface area contributed by atoms with E-state index in [1.807, 2.05) is 43.0 Å². The number of aromatic nitrogens is 3. The number of thioether (sulfide) groups is 1. The highest BCUT2D eigenvalue weighted by Gasteiger charge is 2.29. The largest absolute Gasteiger partial charge is 0.486 e. The number of hydrogen-bond donors (Lipinski definition) is 0. The second-order valence-corrected chi connectivity index (χ2v) is 7.79. The maximum Gasteiger partial charge on any atom is 0.233 e. The van der Waals surface area contributed by atoms with Gasteiger partial charge in [-0.1, -0.05) is 23.9 Å². The molecule has 144 valence electrons. The molecule has 1 aliphatic carbocycles. The molecule has 8 heteroatoms. The minimum atomic E-state index is -0.161. The van der Waals surface area contributed by atoms with Crippen LogP contribution in [0.2, 0.25) is 0 Å². The first-order valence-electron chi connectivity index (χ1n) is 9.36. The van der Waals surface area contributed by atoms with E-state index in [0.29, 0.717) is 31.5 Å². The lowest BCUT2D eigenvalue weighted by atomic mass is 10.2. The standard InChI is InChI=1S/C19H24N4O3S/c1-3-22(10-15-11-25-16-6-4-5-7-17(16)26-15)18(24)12-27-19-21-20-13(2)23(19)14-8-9-14/h4-7,14-15H,3,8-12H2,1-2H3/t15-/m1/s1. The van der Waals surface area contributed by atoms with Crippen molar-refractivity contribution in [2.24, 2.45) is 0 Å². The minimum absolute atomic E-state index is 0.0768. The maximum atomic E-state index is 12.7. The van der Waals surface area contributed by atoms with Gasteiger partial charge in [-0.15, -0.1) is 10.2 Å². The van der Waals surface area contributed by atoms with E-state index in [4.69, 9.17) is 9.47 Å². The Labute approximate surface area is 163 Å². The van der Waals surface area contributed by atoms with Crippen molar-refractivity contribution in [1.82, 2.24) is 19.7 Å². The van der Waals surface area contributed by atoms with Crippen molar-refractivity contribution in [3.63, 3.8) is 0 Å². The van der Waals surface area contributed by atoms with Crippen molar-refractivity contribution in [3.8, 4) is 11.5 Å². The third-order valence-electron chi connectivity index (χ3n) is 4.80. The van der Waals surface area contributed by atoms with Crippen molar-refractivity contribution < 1.29 is 14.3 Å². The molecule has 4 rings (SSSR count). The van der Waals surface area contributed by atoms with Crippen LogP contribution in [0.3, 0.4) is 0 Å². The van der Waals surface area contributed by atoms with Crippen LogP contribution in [-0.2, 0) is 4.79 Å². The molecular weight excluding hydrogens is 364 g/mol. The fourth-order valence-corrected chi connectivity index (χ4v) is 4.18. The summed E-state index contributed by atoms with van der Waals surface area (Å²) in [6.07, 6.45) is 2.18. The highest BCUT2D eigenvalue weighted by Crippen LogP contribution is 2.38. The summed E-state index contributed by atoms with van der Waals surface area (Å²) in [7, 11) is 0. The number of carbonyl (C=O) groups is 1. The monoisotopic (exact) mass is 388 g/mol. The maximum absolute atomic E-state index is 12.7. The van der Waals surface area contributed by atoms with Gasteiger partial charge in [0, 0.05) is 12.6 Å². The molecular formula is C19H24N4O3S. The van der Waals surface area contributed by atoms with Crippen LogP contribution in [0.4, 0.5) is 0 Å². The molecule has 1 aromatic heterocycles. The summed E-state index contributed by atoms with van der Waals surface area (Å²) in [5.41, 5.74) is 0. The van der Waals surface area contributed by atoms with E-state index in [1.165, 1.54) is 24.6 Å². The normalized spacial score (nSPS) is 18.4. The SMILES string of the molecule is CCN(C[C@@H]1COc2ccccc2O1)C(=O)CSc1nnc(C)n1C1CC1. The Balaban J connectivity index is 1.33. The van der Waals surface area contributed by atoms with Gasteiger partial charge >= 0.3 is 0 Å². The number of carbonyl (C=O) groups excluding carboxylic acids is 1. The molecule has 0 bridgehead atoms. The van der Waals surface area contributed by atoms with Gasteiger partial charge in [0.15, 0.2) is 22.8 Å². The predicted octanol–water partition coefficient (Wildman–Crippen LogP) is 2.70. The van der Waals surface area contributed by atoms with Crippen molar-refractivity contribution in [2.75, 3.05) is 25.4 Å². The van der Waals surface area contributed by atoms with Crippen molar-refractivity contribution >= 4 is 17.7 Å². The number of aryl methyl sites for hydroxylation is 1. The average molecular weight is 388 g/mol. The van der Waals surface area contributed by atoms with Crippen LogP contribution in [0.15, 0.2) is 29.4 Å². The fraction of sp³-hybridized carbons (Fsp3) is 0.526. The molecule has 1 amide bonds. The molecule has 1 saturated carbocycles. The molecule has 1 aromatic carbocycles. The highest BCUT2D eigenvalue weighted by molar-refractivity contribution is 7.99. The number of amides is 1. The van der Waals surface area contributed by atoms with Crippen LogP contribution in [0.5, 0.6) is 11.5 Å². The summed E-state index contributed by atoms with van der Waals surface area (Å²) in [5.74, 6) is 2.84. The number of fused-ring (bicyclic) bond motifs is 1. The Morgan fingerprint density at radius 3 is 2.81 bits per heavy atom. The van der Waals surface area contributed by atoms with Crippen molar-refractivity contribution in [2.45, 2.75) is 44.0 Å². The third-order valence-corrected chi connectivity index (χ3v) is 5.73. The number of para-hydroxylation sites is 2. The smallest absolute Gasteiger partial charge is 0.233 e. The number of rotatable bonds is 7. The molecule has 1 aliphatic heterocycles. The summed E-state index contributed by atoms with van der Waals surface area (Å²) in [5, 5.41) is 9.24. The molecule has 2 aliphatic rings. The first kappa shape index (κ1) is 18.2. The van der Waals surface area contributed by atoms with Crippen LogP contribution >= 0.6 is 11.8 Å². The van der Waals surface area contributed by atoms with Gasteiger partial charge in [-0.3, -0.25) is 4.79 Å². The second kappa shape index (κ2) is 7.80. The third kappa shape index (κ3) is 4.05. The Morgan fingerprint density at radius 2 is 2.07 bits per heavy atom. The molecule has 2 heterocycles. The Hall–Kier alpha value is -2.22. The summed E-state index contributed by atoms with van der Waals surface area (Å²) >= 11 is 1.46. The van der Waals surface area contributed by atoms with E-state index >= 15 is 0 Å². The zero-order chi connectivity index (χ0) is 18.8. The van der Waals surface area contributed by atoms with E-state index in [0.717, 1.165) is 22.5 Å². The predicted molar refractivity (Wildman–Crippen MR) is 102 cm³/mol. The lowest BCUT2D eigenvalue weighted by molar-refractivity contribution is -0.129. The summed E-state index contributed by atoms with van der Waals surface area (Å²) in [6, 6.07) is 8.13. The molecule has 7 nitrogen and oxygen atoms in total. The van der Waals surface area contributed by atoms with E-state index in [9.17, 15) is 4.79 Å². The van der Waals surface area contributed by atoms with Crippen molar-refractivity contribution in [1.29, 1.82) is 0 Å². The minimum Gasteiger partial charge on any atom is -0.486 e. The highest BCUT2D eigenvalue weighted by atomic mass is 32.2. The van der Waals surface area contributed by atoms with Crippen LogP contribution in [0, 0.1) is 6.92 Å². The Kier molecular flexibility index (Phi) is 5.24. The Bertz CT molecular complexity index is 821. The quantitative estimate of drug-likeness (QED) is 0.680. The van der Waals surface area contributed by atoms with E-state index in [-0.39, 0.29) is 12.0 Å². The lowest BCUT2D eigenvalue weighted by Crippen LogP contribution is -2.44. The molecule has 0 saturated heterocycles. The zero-order valence-electron chi connectivity index (χ0n) is 15.6. The average Bonchev–Trinajstić information content (AvgIpc) is 3.46. The van der Waals surface area contributed by atoms with Gasteiger partial charge in [-0.25, -0.2) is 0 Å². The first-order chi connectivity index (χ1) is 13.2. The molecule has 0 N–H and O–H groups in total. The topological polar surface area (TPSA) is 69.5 Å². The van der Waals surface area contributed by atoms with Gasteiger partial charge in [0.2, 0.25) is 5.91 Å². The van der Waals surface area contributed by atoms with E-state index < -0.39 is 0 Å². The van der Waals surface area contributed by atoms with Gasteiger partial charge < -0.3 is 18.9 Å². The number of hydrogen-bond acceptors (Lipinski definition) is 6. The molecule has 1 atom stereocenters. The van der Waals surface area contributed by atoms with Gasteiger partial charge in [0.1, 0.15) is 12.4 Å². The second-order valence-electron chi connectivity index (χ2n) is 6.85. The van der Waals surface area contributed by atoms with Crippen LogP contribution in [-0.4, -0.2) is 57.1 Å². The van der Waals surface area contributed by atoms with Crippen molar-refractivity contribution in [3.05, 3.63) is 30.1 Å². The zero-order valence-corrected chi connectivity index (χ0v) is 16.4. The van der Waals surface area contributed by atoms with Crippen LogP contribution in [0.25, 0.3) is 0 Å². The number of benzene rings is 1. The summed E-state index contributed by atoms with van der Waals surface area (Å²) < 4.78 is 13.9. The van der Waals surface area contributed by atoms with Crippen LogP contribution < -0.4 is 9.47 Å². The first-order valence-corrected chi connectivity index (χ1v) is 10.3. The molecule has 0 spiro atoms. The number of likely N-dealkylation sites (N-methyl/N-ethyl adjacent to an activating group) is 1. The van der Waals surface area contributed by atoms with E-state index in [1.54, 1.807) is 0 Å². The van der Waals surface area contributed by atoms with Gasteiger partial charge in [0.05, 0.1) is 12.3 Å². The fourth-order valence-electron chi connectivity index (χ4n) is 3.23. The summed E-state index contributed by atoms with van der Waals surface area (Å²) in [4.78, 5) is 14.5. The number of ether oxygens (including phenoxy) is 2. The molecule has 0 unspecified atom stereocenters. The summed E-state index contributed by atoms with van der Waals surface area (Å²) in [6.45, 7) is 5.54. The molecule has 27 heavy (non-hydrogen) atoms. The van der Waals surface area contributed by atoms with Gasteiger partial charge in [-0.05, 0) is 38.8 Å². The van der Waals surface area contributed by atoms with Crippen LogP contribution in [0.1, 0.15) is 31.6 Å². The lowest BCUT2D eigenvalue weighted by Gasteiger charge is -2.30. The molecule has 1 fully saturated rings. The molecule has 2 aromatic rings. The van der Waals surface area contributed by atoms with E-state index in [2.05, 4.69) is 14.8 Å². The van der Waals surface area contributed by atoms with Gasteiger partial charge in [0.25, 0.3) is 0 Å². The molecule has 0 radical (unpaired) electrons. The van der Waals surface area contributed by atoms with Gasteiger partial charge in [-0.2, -0.15) is 0 Å².